The molecule has 5 aromatic carbocycles. The molecule has 47 heavy (non-hydrogen) atoms. The van der Waals surface area contributed by atoms with Gasteiger partial charge in [-0.3, -0.25) is 10.2 Å². The molecule has 0 saturated carbocycles. The summed E-state index contributed by atoms with van der Waals surface area (Å²) in [6.45, 7) is 0.553. The highest BCUT2D eigenvalue weighted by molar-refractivity contribution is 6.30. The van der Waals surface area contributed by atoms with Gasteiger partial charge in [-0.1, -0.05) is 77.8 Å². The average molecular weight is 662 g/mol. The van der Waals surface area contributed by atoms with E-state index >= 15 is 0 Å². The molecule has 0 atom stereocenters. The molecule has 10 heteroatoms. The van der Waals surface area contributed by atoms with Crippen LogP contribution in [0.1, 0.15) is 5.56 Å². The average Bonchev–Trinajstić information content (AvgIpc) is 3.77. The molecular formula is C37H30Cl2N6O2. The van der Waals surface area contributed by atoms with Gasteiger partial charge in [0.25, 0.3) is 0 Å². The third kappa shape index (κ3) is 8.94. The fourth-order valence-electron chi connectivity index (χ4n) is 4.54. The maximum atomic E-state index is 9.24. The Hall–Kier alpha value is -5.70. The molecule has 0 amide bonds. The number of aromatic amines is 2. The Kier molecular flexibility index (Phi) is 10.0. The highest BCUT2D eigenvalue weighted by Crippen LogP contribution is 2.26. The zero-order chi connectivity index (χ0) is 32.4. The van der Waals surface area contributed by atoms with Crippen molar-refractivity contribution >= 4 is 46.2 Å². The number of nitrogens with one attached hydrogen (secondary N) is 4. The van der Waals surface area contributed by atoms with Crippen LogP contribution in [-0.4, -0.2) is 25.5 Å². The van der Waals surface area contributed by atoms with Gasteiger partial charge >= 0.3 is 0 Å². The highest BCUT2D eigenvalue weighted by atomic mass is 35.5. The standard InChI is InChI=1S/C22H18ClN3O.C15H12ClN3O/c23-18-8-6-17(7-9-18)21-14-22(26-25-21)24-19-10-12-20(13-11-19)27-15-16-4-2-1-3-5-16;16-11-3-1-10(2-4-11)14-9-15(19-18-14)17-12-5-7-13(20)8-6-12/h1-14H,15H2,(H2,24,25,26);1-9,20H,(H2,17,18,19). The van der Waals surface area contributed by atoms with Crippen LogP contribution in [0.5, 0.6) is 11.5 Å². The SMILES string of the molecule is Clc1ccc(-c2cc(Nc3ccc(OCc4ccccc4)cc3)n[nH]2)cc1.Oc1ccc(Nc2cc(-c3ccc(Cl)cc3)[nH]n2)cc1. The molecule has 8 nitrogen and oxygen atoms in total. The number of halogens is 2. The van der Waals surface area contributed by atoms with Crippen molar-refractivity contribution in [2.75, 3.05) is 10.6 Å². The van der Waals surface area contributed by atoms with E-state index in [1.54, 1.807) is 24.3 Å². The Labute approximate surface area is 282 Å². The van der Waals surface area contributed by atoms with Crippen molar-refractivity contribution in [1.82, 2.24) is 20.4 Å². The summed E-state index contributed by atoms with van der Waals surface area (Å²) in [7, 11) is 0. The first-order valence-electron chi connectivity index (χ1n) is 14.7. The van der Waals surface area contributed by atoms with Crippen LogP contribution in [0.15, 0.2) is 140 Å². The molecule has 2 aromatic heterocycles. The number of nitrogens with zero attached hydrogens (tertiary/aromatic N) is 2. The molecule has 2 heterocycles. The first-order valence-corrected chi connectivity index (χ1v) is 15.4. The number of phenols is 1. The Morgan fingerprint density at radius 2 is 1.04 bits per heavy atom. The molecule has 0 aliphatic heterocycles. The quantitative estimate of drug-likeness (QED) is 0.0985. The van der Waals surface area contributed by atoms with E-state index in [-0.39, 0.29) is 5.75 Å². The van der Waals surface area contributed by atoms with Crippen LogP contribution in [0.4, 0.5) is 23.0 Å². The predicted molar refractivity (Wildman–Crippen MR) is 190 cm³/mol. The summed E-state index contributed by atoms with van der Waals surface area (Å²) < 4.78 is 5.81. The maximum absolute atomic E-state index is 9.24. The normalized spacial score (nSPS) is 10.5. The van der Waals surface area contributed by atoms with E-state index in [9.17, 15) is 5.11 Å². The zero-order valence-electron chi connectivity index (χ0n) is 25.0. The van der Waals surface area contributed by atoms with Crippen LogP contribution < -0.4 is 15.4 Å². The molecule has 5 N–H and O–H groups in total. The van der Waals surface area contributed by atoms with Gasteiger partial charge in [0.15, 0.2) is 11.6 Å². The van der Waals surface area contributed by atoms with Gasteiger partial charge < -0.3 is 20.5 Å². The van der Waals surface area contributed by atoms with Crippen LogP contribution in [0, 0.1) is 0 Å². The minimum absolute atomic E-state index is 0.236. The summed E-state index contributed by atoms with van der Waals surface area (Å²) in [5, 5.41) is 31.6. The topological polar surface area (TPSA) is 111 Å². The lowest BCUT2D eigenvalue weighted by Crippen LogP contribution is -1.95. The lowest BCUT2D eigenvalue weighted by atomic mass is 10.1. The van der Waals surface area contributed by atoms with E-state index < -0.39 is 0 Å². The van der Waals surface area contributed by atoms with Crippen LogP contribution >= 0.6 is 23.2 Å². The number of H-pyrrole nitrogens is 2. The number of phenolic OH excluding ortho intramolecular Hbond substituents is 1. The van der Waals surface area contributed by atoms with Gasteiger partial charge in [0, 0.05) is 33.6 Å². The van der Waals surface area contributed by atoms with E-state index in [2.05, 4.69) is 31.0 Å². The summed E-state index contributed by atoms with van der Waals surface area (Å²) in [4.78, 5) is 0. The summed E-state index contributed by atoms with van der Waals surface area (Å²) in [5.74, 6) is 2.52. The van der Waals surface area contributed by atoms with Gasteiger partial charge in [-0.25, -0.2) is 0 Å². The van der Waals surface area contributed by atoms with E-state index in [1.165, 1.54) is 0 Å². The Bertz CT molecular complexity index is 1990. The van der Waals surface area contributed by atoms with Gasteiger partial charge in [0.2, 0.25) is 0 Å². The number of ether oxygens (including phenoxy) is 1. The van der Waals surface area contributed by atoms with E-state index in [0.29, 0.717) is 22.5 Å². The van der Waals surface area contributed by atoms with Crippen molar-refractivity contribution in [3.05, 3.63) is 155 Å². The number of anilines is 4. The fraction of sp³-hybridized carbons (Fsp3) is 0.0270. The van der Waals surface area contributed by atoms with Crippen molar-refractivity contribution in [2.45, 2.75) is 6.61 Å². The van der Waals surface area contributed by atoms with Crippen LogP contribution in [0.3, 0.4) is 0 Å². The third-order valence-electron chi connectivity index (χ3n) is 6.98. The minimum atomic E-state index is 0.236. The summed E-state index contributed by atoms with van der Waals surface area (Å²) in [6.07, 6.45) is 0. The molecule has 0 aliphatic rings. The van der Waals surface area contributed by atoms with Gasteiger partial charge in [-0.15, -0.1) is 0 Å². The zero-order valence-corrected chi connectivity index (χ0v) is 26.5. The number of rotatable bonds is 9. The minimum Gasteiger partial charge on any atom is -0.508 e. The van der Waals surface area contributed by atoms with Crippen LogP contribution in [0.25, 0.3) is 22.5 Å². The molecular weight excluding hydrogens is 631 g/mol. The highest BCUT2D eigenvalue weighted by Gasteiger charge is 2.06. The molecule has 7 aromatic rings. The molecule has 0 bridgehead atoms. The van der Waals surface area contributed by atoms with Gasteiger partial charge in [-0.05, 0) is 89.5 Å². The first kappa shape index (κ1) is 31.3. The second kappa shape index (κ2) is 15.1. The lowest BCUT2D eigenvalue weighted by Gasteiger charge is -2.08. The Morgan fingerprint density at radius 3 is 1.53 bits per heavy atom. The molecule has 0 spiro atoms. The van der Waals surface area contributed by atoms with Crippen molar-refractivity contribution < 1.29 is 9.84 Å². The molecule has 0 radical (unpaired) electrons. The molecule has 0 saturated heterocycles. The number of aromatic nitrogens is 4. The second-order valence-electron chi connectivity index (χ2n) is 10.4. The molecule has 0 unspecified atom stereocenters. The molecule has 7 rings (SSSR count). The van der Waals surface area contributed by atoms with Crippen molar-refractivity contribution in [2.24, 2.45) is 0 Å². The molecule has 234 valence electrons. The molecule has 0 fully saturated rings. The number of aromatic hydroxyl groups is 1. The van der Waals surface area contributed by atoms with Crippen molar-refractivity contribution in [3.8, 4) is 34.0 Å². The third-order valence-corrected chi connectivity index (χ3v) is 7.48. The number of hydrogen-bond acceptors (Lipinski definition) is 6. The maximum Gasteiger partial charge on any atom is 0.152 e. The second-order valence-corrected chi connectivity index (χ2v) is 11.3. The van der Waals surface area contributed by atoms with Gasteiger partial charge in [0.1, 0.15) is 18.1 Å². The summed E-state index contributed by atoms with van der Waals surface area (Å²) in [6, 6.07) is 43.8. The lowest BCUT2D eigenvalue weighted by molar-refractivity contribution is 0.306. The Morgan fingerprint density at radius 1 is 0.574 bits per heavy atom. The van der Waals surface area contributed by atoms with Crippen LogP contribution in [-0.2, 0) is 6.61 Å². The largest absolute Gasteiger partial charge is 0.508 e. The number of benzene rings is 5. The van der Waals surface area contributed by atoms with Crippen molar-refractivity contribution in [3.63, 3.8) is 0 Å². The Balaban J connectivity index is 0.000000172. The first-order chi connectivity index (χ1) is 23.0. The smallest absolute Gasteiger partial charge is 0.152 e. The van der Waals surface area contributed by atoms with E-state index in [4.69, 9.17) is 27.9 Å². The predicted octanol–water partition coefficient (Wildman–Crippen LogP) is 10.2. The van der Waals surface area contributed by atoms with Gasteiger partial charge in [-0.2, -0.15) is 10.2 Å². The molecule has 0 aliphatic carbocycles. The van der Waals surface area contributed by atoms with Crippen LogP contribution in [0.2, 0.25) is 10.0 Å². The monoisotopic (exact) mass is 660 g/mol. The number of hydrogen-bond donors (Lipinski definition) is 5. The van der Waals surface area contributed by atoms with Crippen molar-refractivity contribution in [1.29, 1.82) is 0 Å². The summed E-state index contributed by atoms with van der Waals surface area (Å²) >= 11 is 11.8. The van der Waals surface area contributed by atoms with E-state index in [0.717, 1.165) is 51.0 Å². The van der Waals surface area contributed by atoms with E-state index in [1.807, 2.05) is 115 Å². The summed E-state index contributed by atoms with van der Waals surface area (Å²) in [5.41, 5.74) is 6.82. The fourth-order valence-corrected chi connectivity index (χ4v) is 4.79. The van der Waals surface area contributed by atoms with Gasteiger partial charge in [0.05, 0.1) is 11.4 Å².